The fourth-order valence-corrected chi connectivity index (χ4v) is 2.47. The molecule has 0 spiro atoms. The monoisotopic (exact) mass is 281 g/mol. The number of nitrogens with zero attached hydrogens (tertiary/aromatic N) is 2. The molecule has 0 saturated carbocycles. The van der Waals surface area contributed by atoms with Gasteiger partial charge in [-0.15, -0.1) is 0 Å². The highest BCUT2D eigenvalue weighted by molar-refractivity contribution is 6.33. The maximum atomic E-state index is 13.0. The van der Waals surface area contributed by atoms with Crippen molar-refractivity contribution in [2.45, 2.75) is 25.3 Å². The van der Waals surface area contributed by atoms with Gasteiger partial charge in [0.1, 0.15) is 5.82 Å². The highest BCUT2D eigenvalue weighted by atomic mass is 35.5. The minimum atomic E-state index is -0.383. The summed E-state index contributed by atoms with van der Waals surface area (Å²) in [6, 6.07) is 4.23. The van der Waals surface area contributed by atoms with Crippen molar-refractivity contribution in [1.29, 1.82) is 0 Å². The van der Waals surface area contributed by atoms with Crippen LogP contribution in [0.25, 0.3) is 11.4 Å². The zero-order valence-corrected chi connectivity index (χ0v) is 11.0. The van der Waals surface area contributed by atoms with Crippen LogP contribution in [0, 0.1) is 5.82 Å². The number of piperidine rings is 1. The van der Waals surface area contributed by atoms with Crippen LogP contribution in [-0.4, -0.2) is 16.7 Å². The smallest absolute Gasteiger partial charge is 0.244 e. The summed E-state index contributed by atoms with van der Waals surface area (Å²) in [5.74, 6) is 0.578. The normalized spacial score (nSPS) is 19.6. The maximum absolute atomic E-state index is 13.0. The Balaban J connectivity index is 1.87. The third kappa shape index (κ3) is 2.62. The van der Waals surface area contributed by atoms with Crippen molar-refractivity contribution in [2.24, 2.45) is 0 Å². The van der Waals surface area contributed by atoms with Gasteiger partial charge in [0.05, 0.1) is 11.1 Å². The maximum Gasteiger partial charge on any atom is 0.244 e. The van der Waals surface area contributed by atoms with Crippen LogP contribution >= 0.6 is 11.6 Å². The zero-order valence-electron chi connectivity index (χ0n) is 10.2. The van der Waals surface area contributed by atoms with Gasteiger partial charge in [0.2, 0.25) is 11.7 Å². The summed E-state index contributed by atoms with van der Waals surface area (Å²) < 4.78 is 18.3. The Morgan fingerprint density at radius 3 is 3.00 bits per heavy atom. The van der Waals surface area contributed by atoms with Gasteiger partial charge in [-0.3, -0.25) is 0 Å². The molecule has 100 valence electrons. The second-order valence-corrected chi connectivity index (χ2v) is 4.99. The fourth-order valence-electron chi connectivity index (χ4n) is 2.22. The Hall–Kier alpha value is -1.46. The van der Waals surface area contributed by atoms with Gasteiger partial charge in [0, 0.05) is 5.56 Å². The molecule has 1 atom stereocenters. The zero-order chi connectivity index (χ0) is 13.2. The molecule has 2 aromatic rings. The van der Waals surface area contributed by atoms with E-state index in [2.05, 4.69) is 15.5 Å². The average molecular weight is 282 g/mol. The summed E-state index contributed by atoms with van der Waals surface area (Å²) in [6.45, 7) is 0.958. The van der Waals surface area contributed by atoms with Crippen molar-refractivity contribution in [2.75, 3.05) is 6.54 Å². The van der Waals surface area contributed by atoms with Crippen LogP contribution in [0.5, 0.6) is 0 Å². The standard InChI is InChI=1S/C13H13ClFN3O/c14-10-7-8(15)4-5-9(10)12-17-13(19-18-12)11-3-1-2-6-16-11/h4-5,7,11,16H,1-3,6H2/t11-/m1/s1. The molecule has 0 radical (unpaired) electrons. The number of halogens is 2. The van der Waals surface area contributed by atoms with Crippen LogP contribution in [0.1, 0.15) is 31.2 Å². The third-order valence-electron chi connectivity index (χ3n) is 3.22. The molecule has 0 unspecified atom stereocenters. The first-order valence-corrected chi connectivity index (χ1v) is 6.64. The van der Waals surface area contributed by atoms with Gasteiger partial charge in [-0.1, -0.05) is 23.2 Å². The highest BCUT2D eigenvalue weighted by Crippen LogP contribution is 2.28. The van der Waals surface area contributed by atoms with Gasteiger partial charge in [0.25, 0.3) is 0 Å². The van der Waals surface area contributed by atoms with Gasteiger partial charge in [-0.2, -0.15) is 4.98 Å². The van der Waals surface area contributed by atoms with Crippen molar-refractivity contribution >= 4 is 11.6 Å². The molecule has 1 aromatic heterocycles. The Kier molecular flexibility index (Phi) is 3.48. The fraction of sp³-hybridized carbons (Fsp3) is 0.385. The Morgan fingerprint density at radius 1 is 1.37 bits per heavy atom. The van der Waals surface area contributed by atoms with E-state index in [9.17, 15) is 4.39 Å². The lowest BCUT2D eigenvalue weighted by molar-refractivity contribution is 0.297. The van der Waals surface area contributed by atoms with Crippen LogP contribution < -0.4 is 5.32 Å². The van der Waals surface area contributed by atoms with Gasteiger partial charge in [0.15, 0.2) is 0 Å². The molecule has 1 aliphatic heterocycles. The largest absolute Gasteiger partial charge is 0.337 e. The van der Waals surface area contributed by atoms with E-state index in [1.54, 1.807) is 6.07 Å². The first-order valence-electron chi connectivity index (χ1n) is 6.26. The molecule has 0 amide bonds. The number of hydrogen-bond donors (Lipinski definition) is 1. The van der Waals surface area contributed by atoms with Crippen LogP contribution in [0.2, 0.25) is 5.02 Å². The van der Waals surface area contributed by atoms with Crippen molar-refractivity contribution in [3.05, 3.63) is 34.9 Å². The van der Waals surface area contributed by atoms with E-state index in [0.29, 0.717) is 17.3 Å². The molecule has 19 heavy (non-hydrogen) atoms. The van der Waals surface area contributed by atoms with Gasteiger partial charge < -0.3 is 9.84 Å². The predicted molar refractivity (Wildman–Crippen MR) is 69.3 cm³/mol. The third-order valence-corrected chi connectivity index (χ3v) is 3.53. The Morgan fingerprint density at radius 2 is 2.26 bits per heavy atom. The van der Waals surface area contributed by atoms with E-state index in [0.717, 1.165) is 19.4 Å². The minimum Gasteiger partial charge on any atom is -0.337 e. The van der Waals surface area contributed by atoms with E-state index in [4.69, 9.17) is 16.1 Å². The molecule has 0 bridgehead atoms. The van der Waals surface area contributed by atoms with Crippen molar-refractivity contribution < 1.29 is 8.91 Å². The molecule has 1 aromatic carbocycles. The Labute approximate surface area is 115 Å². The Bertz CT molecular complexity index is 581. The van der Waals surface area contributed by atoms with Gasteiger partial charge in [-0.25, -0.2) is 4.39 Å². The molecule has 0 aliphatic carbocycles. The van der Waals surface area contributed by atoms with Crippen LogP contribution in [0.15, 0.2) is 22.7 Å². The number of hydrogen-bond acceptors (Lipinski definition) is 4. The van der Waals surface area contributed by atoms with Gasteiger partial charge in [-0.05, 0) is 37.6 Å². The summed E-state index contributed by atoms with van der Waals surface area (Å²) in [7, 11) is 0. The summed E-state index contributed by atoms with van der Waals surface area (Å²) in [5.41, 5.74) is 0.578. The van der Waals surface area contributed by atoms with E-state index >= 15 is 0 Å². The molecule has 4 nitrogen and oxygen atoms in total. The summed E-state index contributed by atoms with van der Waals surface area (Å²) in [4.78, 5) is 4.35. The molecule has 1 saturated heterocycles. The molecular weight excluding hydrogens is 269 g/mol. The van der Waals surface area contributed by atoms with Crippen molar-refractivity contribution in [1.82, 2.24) is 15.5 Å². The van der Waals surface area contributed by atoms with E-state index in [1.165, 1.54) is 18.6 Å². The second kappa shape index (κ2) is 5.27. The molecule has 2 heterocycles. The number of aromatic nitrogens is 2. The molecular formula is C13H13ClFN3O. The van der Waals surface area contributed by atoms with Crippen LogP contribution in [-0.2, 0) is 0 Å². The minimum absolute atomic E-state index is 0.106. The van der Waals surface area contributed by atoms with Crippen molar-refractivity contribution in [3.63, 3.8) is 0 Å². The first kappa shape index (κ1) is 12.6. The first-order chi connectivity index (χ1) is 9.24. The topological polar surface area (TPSA) is 51.0 Å². The van der Waals surface area contributed by atoms with Gasteiger partial charge >= 0.3 is 0 Å². The average Bonchev–Trinajstić information content (AvgIpc) is 2.89. The molecule has 1 aliphatic rings. The lowest BCUT2D eigenvalue weighted by Gasteiger charge is -2.19. The highest BCUT2D eigenvalue weighted by Gasteiger charge is 2.22. The number of nitrogens with one attached hydrogen (secondary N) is 1. The predicted octanol–water partition coefficient (Wildman–Crippen LogP) is 3.34. The molecule has 6 heteroatoms. The summed E-state index contributed by atoms with van der Waals surface area (Å²) in [5, 5.41) is 7.54. The molecule has 3 rings (SSSR count). The lowest BCUT2D eigenvalue weighted by Crippen LogP contribution is -2.26. The van der Waals surface area contributed by atoms with Crippen LogP contribution in [0.3, 0.4) is 0 Å². The summed E-state index contributed by atoms with van der Waals surface area (Å²) in [6.07, 6.45) is 3.30. The van der Waals surface area contributed by atoms with E-state index in [1.807, 2.05) is 0 Å². The lowest BCUT2D eigenvalue weighted by atomic mass is 10.1. The second-order valence-electron chi connectivity index (χ2n) is 4.58. The van der Waals surface area contributed by atoms with E-state index in [-0.39, 0.29) is 16.9 Å². The molecule has 1 fully saturated rings. The number of rotatable bonds is 2. The van der Waals surface area contributed by atoms with E-state index < -0.39 is 0 Å². The molecule has 1 N–H and O–H groups in total. The van der Waals surface area contributed by atoms with Crippen molar-refractivity contribution in [3.8, 4) is 11.4 Å². The number of benzene rings is 1. The quantitative estimate of drug-likeness (QED) is 0.917. The summed E-state index contributed by atoms with van der Waals surface area (Å²) >= 11 is 5.98. The SMILES string of the molecule is Fc1ccc(-c2noc([C@H]3CCCCN3)n2)c(Cl)c1. The van der Waals surface area contributed by atoms with Crippen LogP contribution in [0.4, 0.5) is 4.39 Å².